The molecule has 2 amide bonds. The van der Waals surface area contributed by atoms with E-state index in [0.717, 1.165) is 29.7 Å². The molecule has 0 saturated heterocycles. The number of amides is 2. The van der Waals surface area contributed by atoms with Crippen LogP contribution in [0.1, 0.15) is 40.0 Å². The maximum absolute atomic E-state index is 12.8. The van der Waals surface area contributed by atoms with Crippen molar-refractivity contribution in [1.29, 1.82) is 0 Å². The number of pyridine rings is 1. The van der Waals surface area contributed by atoms with Crippen molar-refractivity contribution in [2.75, 3.05) is 25.2 Å². The number of rotatable bonds is 10. The van der Waals surface area contributed by atoms with Crippen LogP contribution in [0.3, 0.4) is 0 Å². The van der Waals surface area contributed by atoms with Crippen molar-refractivity contribution >= 4 is 47.0 Å². The zero-order chi connectivity index (χ0) is 28.6. The molecule has 2 heterocycles. The predicted octanol–water partition coefficient (Wildman–Crippen LogP) is 5.34. The van der Waals surface area contributed by atoms with Crippen molar-refractivity contribution in [3.63, 3.8) is 0 Å². The van der Waals surface area contributed by atoms with Crippen molar-refractivity contribution in [2.45, 2.75) is 38.1 Å². The van der Waals surface area contributed by atoms with Crippen LogP contribution in [0, 0.1) is 0 Å². The second-order valence-electron chi connectivity index (χ2n) is 9.27. The van der Waals surface area contributed by atoms with Crippen LogP contribution in [0.25, 0.3) is 0 Å². The van der Waals surface area contributed by atoms with Gasteiger partial charge in [0.2, 0.25) is 0 Å². The van der Waals surface area contributed by atoms with Gasteiger partial charge in [-0.1, -0.05) is 47.5 Å². The molecule has 0 saturated carbocycles. The monoisotopic (exact) mass is 585 g/mol. The summed E-state index contributed by atoms with van der Waals surface area (Å²) in [5.74, 6) is -0.0616. The van der Waals surface area contributed by atoms with E-state index in [1.165, 1.54) is 12.0 Å². The standard InChI is InChI=1S/C29H29Cl2N3O6/c1-39-28(36)24(33-27(35)25-22(30)10-3-11-23(25)31)17-18-6-2-9-21(16-18)40-15-5-8-20-13-12-19-7-4-14-34(29(37)38)26(19)32-20/h2-3,6,9-13,16,24H,4-5,7-8,14-15,17H2,1H3,(H,33,35)(H,37,38)/t24-/m0/s1. The Bertz CT molecular complexity index is 1380. The normalized spacial score (nSPS) is 13.2. The summed E-state index contributed by atoms with van der Waals surface area (Å²) in [6.07, 6.45) is 2.08. The molecule has 2 N–H and O–H groups in total. The number of methoxy groups -OCH3 is 1. The zero-order valence-electron chi connectivity index (χ0n) is 21.9. The number of anilines is 1. The summed E-state index contributed by atoms with van der Waals surface area (Å²) >= 11 is 12.3. The summed E-state index contributed by atoms with van der Waals surface area (Å²) in [5, 5.41) is 12.5. The number of nitrogens with zero attached hydrogens (tertiary/aromatic N) is 2. The number of hydrogen-bond acceptors (Lipinski definition) is 6. The van der Waals surface area contributed by atoms with E-state index in [1.807, 2.05) is 18.2 Å². The van der Waals surface area contributed by atoms with Crippen LogP contribution < -0.4 is 15.0 Å². The number of hydrogen-bond donors (Lipinski definition) is 2. The summed E-state index contributed by atoms with van der Waals surface area (Å²) in [6.45, 7) is 0.861. The fraction of sp³-hybridized carbons (Fsp3) is 0.310. The van der Waals surface area contributed by atoms with E-state index < -0.39 is 24.0 Å². The van der Waals surface area contributed by atoms with E-state index >= 15 is 0 Å². The maximum Gasteiger partial charge on any atom is 0.413 e. The molecular weight excluding hydrogens is 557 g/mol. The van der Waals surface area contributed by atoms with Crippen LogP contribution in [0.2, 0.25) is 10.0 Å². The Hall–Kier alpha value is -3.82. The first kappa shape index (κ1) is 29.2. The Balaban J connectivity index is 1.35. The lowest BCUT2D eigenvalue weighted by atomic mass is 10.0. The summed E-state index contributed by atoms with van der Waals surface area (Å²) in [6, 6.07) is 14.9. The Morgan fingerprint density at radius 3 is 2.58 bits per heavy atom. The van der Waals surface area contributed by atoms with Crippen LogP contribution in [-0.4, -0.2) is 54.4 Å². The number of halogens is 2. The van der Waals surface area contributed by atoms with Crippen molar-refractivity contribution in [2.24, 2.45) is 0 Å². The number of carbonyl (C=O) groups is 3. The largest absolute Gasteiger partial charge is 0.494 e. The minimum Gasteiger partial charge on any atom is -0.494 e. The van der Waals surface area contributed by atoms with E-state index in [0.29, 0.717) is 37.6 Å². The smallest absolute Gasteiger partial charge is 0.413 e. The Kier molecular flexibility index (Phi) is 9.84. The van der Waals surface area contributed by atoms with Crippen molar-refractivity contribution in [3.05, 3.63) is 87.0 Å². The quantitative estimate of drug-likeness (QED) is 0.243. The molecule has 2 aromatic carbocycles. The third-order valence-corrected chi connectivity index (χ3v) is 7.12. The molecule has 0 spiro atoms. The van der Waals surface area contributed by atoms with Gasteiger partial charge in [-0.05, 0) is 67.1 Å². The summed E-state index contributed by atoms with van der Waals surface area (Å²) < 4.78 is 10.8. The Morgan fingerprint density at radius 2 is 1.85 bits per heavy atom. The summed E-state index contributed by atoms with van der Waals surface area (Å²) in [5.41, 5.74) is 2.59. The van der Waals surface area contributed by atoms with E-state index in [-0.39, 0.29) is 22.0 Å². The van der Waals surface area contributed by atoms with Gasteiger partial charge in [0.25, 0.3) is 5.91 Å². The summed E-state index contributed by atoms with van der Waals surface area (Å²) in [7, 11) is 1.25. The van der Waals surface area contributed by atoms with Gasteiger partial charge >= 0.3 is 12.1 Å². The number of ether oxygens (including phenoxy) is 2. The van der Waals surface area contributed by atoms with Crippen molar-refractivity contribution in [1.82, 2.24) is 10.3 Å². The molecule has 0 radical (unpaired) electrons. The molecule has 0 fully saturated rings. The predicted molar refractivity (Wildman–Crippen MR) is 152 cm³/mol. The SMILES string of the molecule is COC(=O)[C@H](Cc1cccc(OCCCc2ccc3c(n2)N(C(=O)O)CCC3)c1)NC(=O)c1c(Cl)cccc1Cl. The topological polar surface area (TPSA) is 118 Å². The van der Waals surface area contributed by atoms with E-state index in [4.69, 9.17) is 32.7 Å². The molecule has 40 heavy (non-hydrogen) atoms. The number of nitrogens with one attached hydrogen (secondary N) is 1. The molecule has 0 unspecified atom stereocenters. The first-order chi connectivity index (χ1) is 19.3. The molecule has 1 aromatic heterocycles. The van der Waals surface area contributed by atoms with Gasteiger partial charge in [0, 0.05) is 18.7 Å². The number of benzene rings is 2. The number of carbonyl (C=O) groups excluding carboxylic acids is 2. The van der Waals surface area contributed by atoms with E-state index in [1.54, 1.807) is 36.4 Å². The van der Waals surface area contributed by atoms with Crippen LogP contribution in [0.5, 0.6) is 5.75 Å². The van der Waals surface area contributed by atoms with Gasteiger partial charge < -0.3 is 19.9 Å². The highest BCUT2D eigenvalue weighted by Gasteiger charge is 2.26. The Morgan fingerprint density at radius 1 is 1.10 bits per heavy atom. The highest BCUT2D eigenvalue weighted by Crippen LogP contribution is 2.26. The molecular formula is C29H29Cl2N3O6. The van der Waals surface area contributed by atoms with E-state index in [2.05, 4.69) is 10.3 Å². The minimum atomic E-state index is -0.990. The molecule has 1 aliphatic heterocycles. The van der Waals surface area contributed by atoms with Gasteiger partial charge in [-0.2, -0.15) is 0 Å². The van der Waals surface area contributed by atoms with Crippen LogP contribution >= 0.6 is 23.2 Å². The number of fused-ring (bicyclic) bond motifs is 1. The highest BCUT2D eigenvalue weighted by atomic mass is 35.5. The van der Waals surface area contributed by atoms with Crippen molar-refractivity contribution < 1.29 is 29.0 Å². The van der Waals surface area contributed by atoms with Gasteiger partial charge in [0.1, 0.15) is 17.6 Å². The zero-order valence-corrected chi connectivity index (χ0v) is 23.4. The second-order valence-corrected chi connectivity index (χ2v) is 10.1. The number of esters is 1. The van der Waals surface area contributed by atoms with Crippen LogP contribution in [0.4, 0.5) is 10.6 Å². The third-order valence-electron chi connectivity index (χ3n) is 6.49. The summed E-state index contributed by atoms with van der Waals surface area (Å²) in [4.78, 5) is 42.7. The van der Waals surface area contributed by atoms with Gasteiger partial charge in [-0.15, -0.1) is 0 Å². The fourth-order valence-corrected chi connectivity index (χ4v) is 5.10. The molecule has 1 atom stereocenters. The molecule has 0 bridgehead atoms. The van der Waals surface area contributed by atoms with Gasteiger partial charge in [0.05, 0.1) is 29.3 Å². The average Bonchev–Trinajstić information content (AvgIpc) is 2.94. The molecule has 210 valence electrons. The van der Waals surface area contributed by atoms with Gasteiger partial charge in [-0.25, -0.2) is 14.6 Å². The van der Waals surface area contributed by atoms with E-state index in [9.17, 15) is 19.5 Å². The fourth-order valence-electron chi connectivity index (χ4n) is 4.53. The number of aromatic nitrogens is 1. The van der Waals surface area contributed by atoms with Gasteiger partial charge in [0.15, 0.2) is 0 Å². The first-order valence-corrected chi connectivity index (χ1v) is 13.6. The lowest BCUT2D eigenvalue weighted by molar-refractivity contribution is -0.142. The third kappa shape index (κ3) is 7.22. The minimum absolute atomic E-state index is 0.0842. The lowest BCUT2D eigenvalue weighted by Gasteiger charge is -2.26. The molecule has 9 nitrogen and oxygen atoms in total. The number of carboxylic acid groups (broad SMARTS) is 1. The molecule has 4 rings (SSSR count). The van der Waals surface area contributed by atoms with Crippen molar-refractivity contribution in [3.8, 4) is 5.75 Å². The van der Waals surface area contributed by atoms with Crippen LogP contribution in [-0.2, 0) is 28.8 Å². The van der Waals surface area contributed by atoms with Crippen LogP contribution in [0.15, 0.2) is 54.6 Å². The Labute approximate surface area is 242 Å². The second kappa shape index (κ2) is 13.5. The first-order valence-electron chi connectivity index (χ1n) is 12.8. The molecule has 3 aromatic rings. The average molecular weight is 586 g/mol. The van der Waals surface area contributed by atoms with Gasteiger partial charge in [-0.3, -0.25) is 9.69 Å². The highest BCUT2D eigenvalue weighted by molar-refractivity contribution is 6.39. The molecule has 1 aliphatic rings. The number of aryl methyl sites for hydroxylation is 2. The molecule has 11 heteroatoms. The molecule has 0 aliphatic carbocycles. The lowest BCUT2D eigenvalue weighted by Crippen LogP contribution is -2.43. The maximum atomic E-state index is 12.8.